The van der Waals surface area contributed by atoms with Crippen LogP contribution in [0.4, 0.5) is 5.13 Å². The van der Waals surface area contributed by atoms with Crippen molar-refractivity contribution in [3.63, 3.8) is 0 Å². The van der Waals surface area contributed by atoms with E-state index in [4.69, 9.17) is 12.2 Å². The zero-order valence-corrected chi connectivity index (χ0v) is 7.65. The first-order valence-corrected chi connectivity index (χ1v) is 5.05. The summed E-state index contributed by atoms with van der Waals surface area (Å²) in [5, 5.41) is 3.48. The summed E-state index contributed by atoms with van der Waals surface area (Å²) in [4.78, 5) is 7.92. The van der Waals surface area contributed by atoms with Gasteiger partial charge in [0.15, 0.2) is 3.95 Å². The van der Waals surface area contributed by atoms with E-state index in [-0.39, 0.29) is 0 Å². The van der Waals surface area contributed by atoms with Crippen LogP contribution in [0, 0.1) is 3.95 Å². The topological polar surface area (TPSA) is 37.3 Å². The molecule has 1 heterocycles. The molecular weight excluding hydrogens is 186 g/mol. The van der Waals surface area contributed by atoms with Crippen LogP contribution in [0.3, 0.4) is 0 Å². The van der Waals surface area contributed by atoms with Crippen LogP contribution in [0.25, 0.3) is 0 Å². The molecule has 10 heavy (non-hydrogen) atoms. The quantitative estimate of drug-likeness (QED) is 0.335. The number of aromatic nitrogens is 1. The number of nitrogens with one attached hydrogen (secondary N) is 1. The lowest BCUT2D eigenvalue weighted by Crippen LogP contribution is -1.99. The van der Waals surface area contributed by atoms with Gasteiger partial charge < -0.3 is 5.32 Å². The highest BCUT2D eigenvalue weighted by atomic mass is 32.9. The molecule has 0 aliphatic carbocycles. The largest absolute Gasteiger partial charge is 0.379 e. The molecule has 54 valence electrons. The van der Waals surface area contributed by atoms with Crippen molar-refractivity contribution in [3.8, 4) is 0 Å². The maximum absolute atomic E-state index is 4.81. The van der Waals surface area contributed by atoms with E-state index in [1.165, 1.54) is 20.7 Å². The molecule has 0 unspecified atom stereocenters. The monoisotopic (exact) mass is 191 g/mol. The van der Waals surface area contributed by atoms with Crippen molar-refractivity contribution in [1.82, 2.24) is 10.3 Å². The number of hydrogen-bond acceptors (Lipinski definition) is 5. The molecule has 0 aromatic carbocycles. The number of aliphatic imine (C=N–C) groups is 1. The summed E-state index contributed by atoms with van der Waals surface area (Å²) in [7, 11) is 4.72. The summed E-state index contributed by atoms with van der Waals surface area (Å²) in [5.41, 5.74) is 0. The maximum Gasteiger partial charge on any atom is 0.222 e. The average Bonchev–Trinajstić information content (AvgIpc) is 2.31. The van der Waals surface area contributed by atoms with Crippen molar-refractivity contribution < 1.29 is 0 Å². The van der Waals surface area contributed by atoms with Crippen LogP contribution < -0.4 is 5.32 Å². The van der Waals surface area contributed by atoms with Crippen molar-refractivity contribution in [1.29, 1.82) is 0 Å². The highest BCUT2D eigenvalue weighted by molar-refractivity contribution is 7.79. The van der Waals surface area contributed by atoms with E-state index in [9.17, 15) is 0 Å². The SMILES string of the molecule is CN/C=N/c1nc(=S)ss1. The smallest absolute Gasteiger partial charge is 0.222 e. The molecule has 0 bridgehead atoms. The Morgan fingerprint density at radius 2 is 2.50 bits per heavy atom. The predicted molar refractivity (Wildman–Crippen MR) is 48.0 cm³/mol. The van der Waals surface area contributed by atoms with Crippen molar-refractivity contribution in [2.75, 3.05) is 7.05 Å². The Morgan fingerprint density at radius 3 is 3.00 bits per heavy atom. The second-order valence-corrected chi connectivity index (χ2v) is 4.10. The summed E-state index contributed by atoms with van der Waals surface area (Å²) in [6.07, 6.45) is 1.58. The molecule has 0 spiro atoms. The molecule has 3 nitrogen and oxygen atoms in total. The summed E-state index contributed by atoms with van der Waals surface area (Å²) in [5.74, 6) is 0. The second-order valence-electron chi connectivity index (χ2n) is 1.37. The molecule has 0 aliphatic rings. The van der Waals surface area contributed by atoms with Crippen LogP contribution in [0.5, 0.6) is 0 Å². The standard InChI is InChI=1S/C4H5N3S3/c1-5-2-6-3-7-4(8)10-9-3/h2H,1H3,(H,5,6,7,8). The van der Waals surface area contributed by atoms with Crippen LogP contribution in [-0.2, 0) is 0 Å². The molecule has 0 aliphatic heterocycles. The fourth-order valence-electron chi connectivity index (χ4n) is 0.358. The molecule has 1 N–H and O–H groups in total. The molecular formula is C4H5N3S3. The van der Waals surface area contributed by atoms with E-state index in [2.05, 4.69) is 15.3 Å². The third-order valence-electron chi connectivity index (χ3n) is 0.679. The molecule has 1 aromatic rings. The Labute approximate surface area is 70.9 Å². The van der Waals surface area contributed by atoms with Gasteiger partial charge in [-0.3, -0.25) is 0 Å². The fraction of sp³-hybridized carbons (Fsp3) is 0.250. The molecule has 6 heteroatoms. The molecule has 0 saturated heterocycles. The molecule has 1 rings (SSSR count). The van der Waals surface area contributed by atoms with E-state index in [1.807, 2.05) is 0 Å². The highest BCUT2D eigenvalue weighted by Gasteiger charge is 1.90. The molecule has 0 fully saturated rings. The first kappa shape index (κ1) is 7.77. The van der Waals surface area contributed by atoms with E-state index < -0.39 is 0 Å². The minimum absolute atomic E-state index is 0.647. The number of rotatable bonds is 2. The van der Waals surface area contributed by atoms with Gasteiger partial charge in [-0.25, -0.2) is 4.99 Å². The van der Waals surface area contributed by atoms with Gasteiger partial charge in [0, 0.05) is 7.05 Å². The highest BCUT2D eigenvalue weighted by Crippen LogP contribution is 2.20. The summed E-state index contributed by atoms with van der Waals surface area (Å²) in [6, 6.07) is 0. The van der Waals surface area contributed by atoms with Crippen LogP contribution in [0.15, 0.2) is 4.99 Å². The van der Waals surface area contributed by atoms with Gasteiger partial charge in [-0.05, 0) is 32.9 Å². The van der Waals surface area contributed by atoms with Gasteiger partial charge in [0.05, 0.1) is 6.34 Å². The van der Waals surface area contributed by atoms with Crippen LogP contribution in [0.2, 0.25) is 0 Å². The lowest BCUT2D eigenvalue weighted by molar-refractivity contribution is 1.20. The van der Waals surface area contributed by atoms with Crippen LogP contribution in [0.1, 0.15) is 0 Å². The Balaban J connectivity index is 2.76. The minimum Gasteiger partial charge on any atom is -0.379 e. The van der Waals surface area contributed by atoms with Gasteiger partial charge in [-0.1, -0.05) is 0 Å². The van der Waals surface area contributed by atoms with Gasteiger partial charge in [0.1, 0.15) is 0 Å². The maximum atomic E-state index is 4.81. The zero-order chi connectivity index (χ0) is 7.40. The summed E-state index contributed by atoms with van der Waals surface area (Å²) >= 11 is 4.81. The van der Waals surface area contributed by atoms with E-state index in [0.717, 1.165) is 0 Å². The van der Waals surface area contributed by atoms with Gasteiger partial charge in [-0.2, -0.15) is 4.98 Å². The Bertz CT molecular complexity index is 273. The van der Waals surface area contributed by atoms with E-state index in [1.54, 1.807) is 13.4 Å². The fourth-order valence-corrected chi connectivity index (χ4v) is 2.15. The number of nitrogens with zero attached hydrogens (tertiary/aromatic N) is 2. The van der Waals surface area contributed by atoms with Gasteiger partial charge in [-0.15, -0.1) is 0 Å². The van der Waals surface area contributed by atoms with Crippen molar-refractivity contribution in [2.24, 2.45) is 4.99 Å². The third-order valence-corrected chi connectivity index (χ3v) is 3.17. The van der Waals surface area contributed by atoms with E-state index >= 15 is 0 Å². The lowest BCUT2D eigenvalue weighted by atomic mass is 11.1. The molecule has 0 atom stereocenters. The first-order valence-electron chi connectivity index (χ1n) is 2.50. The number of hydrogen-bond donors (Lipinski definition) is 1. The van der Waals surface area contributed by atoms with E-state index in [0.29, 0.717) is 9.09 Å². The molecule has 1 aromatic heterocycles. The Kier molecular flexibility index (Phi) is 2.91. The summed E-state index contributed by atoms with van der Waals surface area (Å²) < 4.78 is 0.647. The molecule has 0 saturated carbocycles. The average molecular weight is 191 g/mol. The predicted octanol–water partition coefficient (Wildman–Crippen LogP) is 1.81. The first-order chi connectivity index (χ1) is 4.83. The Morgan fingerprint density at radius 1 is 1.70 bits per heavy atom. The van der Waals surface area contributed by atoms with Crippen LogP contribution >= 0.6 is 32.9 Å². The normalized spacial score (nSPS) is 10.5. The van der Waals surface area contributed by atoms with Crippen LogP contribution in [-0.4, -0.2) is 18.4 Å². The minimum atomic E-state index is 0.647. The van der Waals surface area contributed by atoms with Crippen molar-refractivity contribution in [2.45, 2.75) is 0 Å². The molecule has 0 radical (unpaired) electrons. The zero-order valence-electron chi connectivity index (χ0n) is 5.20. The third kappa shape index (κ3) is 2.13. The summed E-state index contributed by atoms with van der Waals surface area (Å²) in [6.45, 7) is 0. The Hall–Kier alpha value is -0.330. The van der Waals surface area contributed by atoms with Gasteiger partial charge >= 0.3 is 0 Å². The lowest BCUT2D eigenvalue weighted by Gasteiger charge is -1.80. The van der Waals surface area contributed by atoms with Crippen molar-refractivity contribution >= 4 is 44.4 Å². The van der Waals surface area contributed by atoms with Crippen molar-refractivity contribution in [3.05, 3.63) is 3.95 Å². The molecule has 0 amide bonds. The van der Waals surface area contributed by atoms with Gasteiger partial charge in [0.25, 0.3) is 0 Å². The second kappa shape index (κ2) is 3.75. The van der Waals surface area contributed by atoms with Gasteiger partial charge in [0.2, 0.25) is 5.13 Å².